The van der Waals surface area contributed by atoms with Gasteiger partial charge >= 0.3 is 11.9 Å². The molecule has 2 aromatic rings. The van der Waals surface area contributed by atoms with Crippen molar-refractivity contribution in [3.63, 3.8) is 0 Å². The van der Waals surface area contributed by atoms with Crippen molar-refractivity contribution in [3.8, 4) is 0 Å². The molecule has 2 rings (SSSR count). The molecule has 28 heavy (non-hydrogen) atoms. The number of methoxy groups -OCH3 is 1. The lowest BCUT2D eigenvalue weighted by atomic mass is 10.1. The number of benzene rings is 2. The number of carbonyl (C=O) groups is 3. The van der Waals surface area contributed by atoms with Gasteiger partial charge < -0.3 is 19.7 Å². The van der Waals surface area contributed by atoms with Gasteiger partial charge in [0.2, 0.25) is 0 Å². The molecule has 0 bridgehead atoms. The Morgan fingerprint density at radius 2 is 1.75 bits per heavy atom. The summed E-state index contributed by atoms with van der Waals surface area (Å²) in [6, 6.07) is 15.2. The minimum absolute atomic E-state index is 0.276. The number of esters is 2. The average Bonchev–Trinajstić information content (AvgIpc) is 2.71. The minimum Gasteiger partial charge on any atom is -0.467 e. The van der Waals surface area contributed by atoms with Gasteiger partial charge in [0.25, 0.3) is 5.91 Å². The van der Waals surface area contributed by atoms with Gasteiger partial charge in [0.15, 0.2) is 6.61 Å². The second-order valence-corrected chi connectivity index (χ2v) is 6.35. The van der Waals surface area contributed by atoms with Crippen LogP contribution in [0.15, 0.2) is 54.6 Å². The number of nitrogens with zero attached hydrogens (tertiary/aromatic N) is 1. The molecule has 0 heterocycles. The molecule has 0 saturated heterocycles. The molecule has 0 spiro atoms. The summed E-state index contributed by atoms with van der Waals surface area (Å²) in [4.78, 5) is 38.2. The summed E-state index contributed by atoms with van der Waals surface area (Å²) in [5.74, 6) is -1.76. The van der Waals surface area contributed by atoms with Crippen molar-refractivity contribution in [2.75, 3.05) is 32.7 Å². The van der Waals surface area contributed by atoms with Crippen LogP contribution >= 0.6 is 0 Å². The van der Waals surface area contributed by atoms with E-state index in [9.17, 15) is 14.4 Å². The summed E-state index contributed by atoms with van der Waals surface area (Å²) in [5.41, 5.74) is 2.05. The maximum absolute atomic E-state index is 12.2. The first kappa shape index (κ1) is 21.0. The zero-order valence-electron chi connectivity index (χ0n) is 16.2. The first-order valence-electron chi connectivity index (χ1n) is 8.76. The molecule has 7 nitrogen and oxygen atoms in total. The van der Waals surface area contributed by atoms with Gasteiger partial charge in [-0.25, -0.2) is 9.59 Å². The molecule has 0 unspecified atom stereocenters. The molecule has 0 saturated carbocycles. The van der Waals surface area contributed by atoms with Crippen LogP contribution in [0.3, 0.4) is 0 Å². The Morgan fingerprint density at radius 1 is 1.04 bits per heavy atom. The fourth-order valence-corrected chi connectivity index (χ4v) is 2.55. The average molecular weight is 384 g/mol. The van der Waals surface area contributed by atoms with E-state index in [1.54, 1.807) is 18.2 Å². The number of anilines is 1. The Balaban J connectivity index is 1.94. The van der Waals surface area contributed by atoms with Crippen LogP contribution < -0.4 is 10.2 Å². The lowest BCUT2D eigenvalue weighted by molar-refractivity contribution is -0.145. The van der Waals surface area contributed by atoms with Crippen molar-refractivity contribution in [2.24, 2.45) is 0 Å². The molecule has 2 aromatic carbocycles. The van der Waals surface area contributed by atoms with Crippen LogP contribution in [0.25, 0.3) is 0 Å². The Bertz CT molecular complexity index is 821. The second-order valence-electron chi connectivity index (χ2n) is 6.35. The molecular weight excluding hydrogens is 360 g/mol. The van der Waals surface area contributed by atoms with E-state index >= 15 is 0 Å². The number of amides is 1. The standard InChI is InChI=1S/C21H24N2O5/c1-23(2)17-11-7-10-16(13-17)20(25)28-14-19(24)22-18(21(26)27-3)12-15-8-5-4-6-9-15/h4-11,13,18H,12,14H2,1-3H3,(H,22,24)/t18-/m0/s1. The van der Waals surface area contributed by atoms with Crippen molar-refractivity contribution in [1.82, 2.24) is 5.32 Å². The Labute approximate surface area is 164 Å². The second kappa shape index (κ2) is 10.1. The summed E-state index contributed by atoms with van der Waals surface area (Å²) in [6.07, 6.45) is 0.276. The summed E-state index contributed by atoms with van der Waals surface area (Å²) in [5, 5.41) is 2.55. The topological polar surface area (TPSA) is 84.9 Å². The van der Waals surface area contributed by atoms with Gasteiger partial charge in [0.05, 0.1) is 12.7 Å². The Kier molecular flexibility index (Phi) is 7.56. The molecular formula is C21H24N2O5. The third-order valence-corrected chi connectivity index (χ3v) is 4.04. The predicted octanol–water partition coefficient (Wildman–Crippen LogP) is 1.81. The van der Waals surface area contributed by atoms with Crippen molar-refractivity contribution < 1.29 is 23.9 Å². The molecule has 0 aliphatic heterocycles. The molecule has 1 N–H and O–H groups in total. The van der Waals surface area contributed by atoms with E-state index < -0.39 is 30.5 Å². The van der Waals surface area contributed by atoms with Crippen molar-refractivity contribution in [3.05, 3.63) is 65.7 Å². The fourth-order valence-electron chi connectivity index (χ4n) is 2.55. The first-order valence-corrected chi connectivity index (χ1v) is 8.76. The van der Waals surface area contributed by atoms with Crippen molar-refractivity contribution in [1.29, 1.82) is 0 Å². The van der Waals surface area contributed by atoms with Gasteiger partial charge in [-0.15, -0.1) is 0 Å². The van der Waals surface area contributed by atoms with E-state index in [0.717, 1.165) is 11.3 Å². The van der Waals surface area contributed by atoms with Crippen LogP contribution in [0.5, 0.6) is 0 Å². The van der Waals surface area contributed by atoms with Crippen LogP contribution in [0.1, 0.15) is 15.9 Å². The van der Waals surface area contributed by atoms with Gasteiger partial charge in [-0.1, -0.05) is 36.4 Å². The lowest BCUT2D eigenvalue weighted by Crippen LogP contribution is -2.44. The number of carbonyl (C=O) groups excluding carboxylic acids is 3. The van der Waals surface area contributed by atoms with Gasteiger partial charge in [0.1, 0.15) is 6.04 Å². The SMILES string of the molecule is COC(=O)[C@H](Cc1ccccc1)NC(=O)COC(=O)c1cccc(N(C)C)c1. The highest BCUT2D eigenvalue weighted by molar-refractivity contribution is 5.93. The highest BCUT2D eigenvalue weighted by Crippen LogP contribution is 2.14. The molecule has 0 radical (unpaired) electrons. The number of ether oxygens (including phenoxy) is 2. The van der Waals surface area contributed by atoms with Crippen LogP contribution in [-0.4, -0.2) is 51.7 Å². The van der Waals surface area contributed by atoms with E-state index in [4.69, 9.17) is 9.47 Å². The van der Waals surface area contributed by atoms with E-state index in [0.29, 0.717) is 5.56 Å². The van der Waals surface area contributed by atoms with Crippen LogP contribution in [0.4, 0.5) is 5.69 Å². The predicted molar refractivity (Wildman–Crippen MR) is 105 cm³/mol. The highest BCUT2D eigenvalue weighted by Gasteiger charge is 2.22. The Hall–Kier alpha value is -3.35. The smallest absolute Gasteiger partial charge is 0.338 e. The summed E-state index contributed by atoms with van der Waals surface area (Å²) >= 11 is 0. The van der Waals surface area contributed by atoms with E-state index in [2.05, 4.69) is 5.32 Å². The van der Waals surface area contributed by atoms with Crippen LogP contribution in [0, 0.1) is 0 Å². The Morgan fingerprint density at radius 3 is 2.39 bits per heavy atom. The molecule has 0 aliphatic carbocycles. The van der Waals surface area contributed by atoms with E-state index in [-0.39, 0.29) is 6.42 Å². The number of hydrogen-bond acceptors (Lipinski definition) is 6. The third kappa shape index (κ3) is 6.12. The van der Waals surface area contributed by atoms with Gasteiger partial charge in [-0.2, -0.15) is 0 Å². The van der Waals surface area contributed by atoms with E-state index in [1.807, 2.05) is 55.4 Å². The summed E-state index contributed by atoms with van der Waals surface area (Å²) in [6.45, 7) is -0.493. The molecule has 0 fully saturated rings. The van der Waals surface area contributed by atoms with Crippen molar-refractivity contribution >= 4 is 23.5 Å². The molecule has 1 amide bonds. The quantitative estimate of drug-likeness (QED) is 0.699. The number of rotatable bonds is 8. The first-order chi connectivity index (χ1) is 13.4. The largest absolute Gasteiger partial charge is 0.467 e. The van der Waals surface area contributed by atoms with Gasteiger partial charge in [0, 0.05) is 26.2 Å². The van der Waals surface area contributed by atoms with Gasteiger partial charge in [-0.3, -0.25) is 4.79 Å². The summed E-state index contributed by atoms with van der Waals surface area (Å²) in [7, 11) is 4.97. The zero-order valence-corrected chi connectivity index (χ0v) is 16.2. The highest BCUT2D eigenvalue weighted by atomic mass is 16.5. The summed E-state index contributed by atoms with van der Waals surface area (Å²) < 4.78 is 9.82. The number of hydrogen-bond donors (Lipinski definition) is 1. The number of nitrogens with one attached hydrogen (secondary N) is 1. The fraction of sp³-hybridized carbons (Fsp3) is 0.286. The van der Waals surface area contributed by atoms with Crippen molar-refractivity contribution in [2.45, 2.75) is 12.5 Å². The molecule has 148 valence electrons. The third-order valence-electron chi connectivity index (χ3n) is 4.04. The van der Waals surface area contributed by atoms with Crippen LogP contribution in [-0.2, 0) is 25.5 Å². The van der Waals surface area contributed by atoms with Gasteiger partial charge in [-0.05, 0) is 23.8 Å². The zero-order chi connectivity index (χ0) is 20.5. The molecule has 7 heteroatoms. The minimum atomic E-state index is -0.865. The normalized spacial score (nSPS) is 11.2. The molecule has 1 atom stereocenters. The van der Waals surface area contributed by atoms with E-state index in [1.165, 1.54) is 7.11 Å². The lowest BCUT2D eigenvalue weighted by Gasteiger charge is -2.17. The maximum Gasteiger partial charge on any atom is 0.338 e. The van der Waals surface area contributed by atoms with Crippen LogP contribution in [0.2, 0.25) is 0 Å². The molecule has 0 aliphatic rings. The molecule has 0 aromatic heterocycles. The maximum atomic E-state index is 12.2. The monoisotopic (exact) mass is 384 g/mol.